The predicted molar refractivity (Wildman–Crippen MR) is 61.5 cm³/mol. The molecule has 1 aromatic heterocycles. The first-order valence-corrected chi connectivity index (χ1v) is 6.73. The van der Waals surface area contributed by atoms with Gasteiger partial charge in [-0.1, -0.05) is 0 Å². The summed E-state index contributed by atoms with van der Waals surface area (Å²) in [6.45, 7) is 0. The average Bonchev–Trinajstić information content (AvgIpc) is 2.74. The van der Waals surface area contributed by atoms with Gasteiger partial charge in [-0.25, -0.2) is 0 Å². The molecule has 0 saturated carbocycles. The van der Waals surface area contributed by atoms with Gasteiger partial charge in [0.05, 0.1) is 0 Å². The summed E-state index contributed by atoms with van der Waals surface area (Å²) in [5.41, 5.74) is 7.56. The van der Waals surface area contributed by atoms with Crippen molar-refractivity contribution in [1.29, 1.82) is 0 Å². The number of nitrogens with two attached hydrogens (primary N) is 1. The van der Waals surface area contributed by atoms with Crippen LogP contribution in [0, 0.1) is 0 Å². The van der Waals surface area contributed by atoms with Crippen molar-refractivity contribution >= 4 is 23.1 Å². The first kappa shape index (κ1) is 9.56. The maximum atomic E-state index is 6.15. The van der Waals surface area contributed by atoms with Crippen molar-refractivity contribution < 1.29 is 0 Å². The van der Waals surface area contributed by atoms with Gasteiger partial charge in [-0.15, -0.1) is 0 Å². The lowest BCUT2D eigenvalue weighted by molar-refractivity contribution is 0.610. The Bertz CT molecular complexity index is 239. The van der Waals surface area contributed by atoms with E-state index in [9.17, 15) is 0 Å². The molecule has 0 amide bonds. The molecule has 2 N–H and O–H groups in total. The Labute approximate surface area is 87.7 Å². The Morgan fingerprint density at radius 2 is 2.54 bits per heavy atom. The molecule has 1 nitrogen and oxygen atoms in total. The lowest BCUT2D eigenvalue weighted by atomic mass is 10.0. The fourth-order valence-electron chi connectivity index (χ4n) is 1.75. The Balaban J connectivity index is 1.87. The Hall–Kier alpha value is 0.01000. The third-order valence-electron chi connectivity index (χ3n) is 2.49. The van der Waals surface area contributed by atoms with E-state index < -0.39 is 0 Å². The SMILES string of the molecule is NC(Cc1ccsc1)C1CCCS1. The third kappa shape index (κ3) is 2.48. The summed E-state index contributed by atoms with van der Waals surface area (Å²) in [7, 11) is 0. The molecule has 0 aliphatic carbocycles. The van der Waals surface area contributed by atoms with Gasteiger partial charge >= 0.3 is 0 Å². The van der Waals surface area contributed by atoms with Crippen LogP contribution in [0.1, 0.15) is 18.4 Å². The molecular weight excluding hydrogens is 198 g/mol. The van der Waals surface area contributed by atoms with E-state index in [2.05, 4.69) is 28.6 Å². The smallest absolute Gasteiger partial charge is 0.0202 e. The molecule has 0 aromatic carbocycles. The average molecular weight is 213 g/mol. The third-order valence-corrected chi connectivity index (χ3v) is 4.76. The van der Waals surface area contributed by atoms with Crippen LogP contribution in [-0.2, 0) is 6.42 Å². The molecule has 2 unspecified atom stereocenters. The number of rotatable bonds is 3. The van der Waals surface area contributed by atoms with Gasteiger partial charge < -0.3 is 5.73 Å². The van der Waals surface area contributed by atoms with Gasteiger partial charge in [0.25, 0.3) is 0 Å². The van der Waals surface area contributed by atoms with Crippen molar-refractivity contribution in [2.45, 2.75) is 30.6 Å². The molecule has 2 heterocycles. The first-order valence-electron chi connectivity index (χ1n) is 4.74. The molecular formula is C10H15NS2. The van der Waals surface area contributed by atoms with Crippen LogP contribution < -0.4 is 5.73 Å². The maximum Gasteiger partial charge on any atom is 0.0202 e. The molecule has 1 aromatic rings. The molecule has 0 radical (unpaired) electrons. The van der Waals surface area contributed by atoms with Crippen LogP contribution in [0.5, 0.6) is 0 Å². The maximum absolute atomic E-state index is 6.15. The molecule has 1 aliphatic rings. The molecule has 72 valence electrons. The summed E-state index contributed by atoms with van der Waals surface area (Å²) in [4.78, 5) is 0. The van der Waals surface area contributed by atoms with E-state index in [0.717, 1.165) is 6.42 Å². The van der Waals surface area contributed by atoms with E-state index in [1.54, 1.807) is 11.3 Å². The minimum absolute atomic E-state index is 0.363. The van der Waals surface area contributed by atoms with Crippen molar-refractivity contribution in [3.8, 4) is 0 Å². The molecule has 0 spiro atoms. The highest BCUT2D eigenvalue weighted by atomic mass is 32.2. The van der Waals surface area contributed by atoms with Crippen molar-refractivity contribution in [3.63, 3.8) is 0 Å². The van der Waals surface area contributed by atoms with E-state index in [1.807, 2.05) is 0 Å². The van der Waals surface area contributed by atoms with Crippen LogP contribution in [-0.4, -0.2) is 17.0 Å². The van der Waals surface area contributed by atoms with Gasteiger partial charge in [0.15, 0.2) is 0 Å². The number of hydrogen-bond donors (Lipinski definition) is 1. The van der Waals surface area contributed by atoms with Crippen molar-refractivity contribution in [1.82, 2.24) is 0 Å². The van der Waals surface area contributed by atoms with E-state index in [0.29, 0.717) is 11.3 Å². The first-order chi connectivity index (χ1) is 6.36. The van der Waals surface area contributed by atoms with E-state index in [1.165, 1.54) is 24.2 Å². The molecule has 2 atom stereocenters. The molecule has 2 rings (SSSR count). The van der Waals surface area contributed by atoms with Crippen LogP contribution in [0.15, 0.2) is 16.8 Å². The normalized spacial score (nSPS) is 24.8. The highest BCUT2D eigenvalue weighted by Crippen LogP contribution is 2.29. The molecule has 1 fully saturated rings. The van der Waals surface area contributed by atoms with Gasteiger partial charge in [0, 0.05) is 11.3 Å². The van der Waals surface area contributed by atoms with Gasteiger partial charge in [-0.2, -0.15) is 23.1 Å². The minimum Gasteiger partial charge on any atom is -0.326 e. The standard InChI is InChI=1S/C10H15NS2/c11-9(10-2-1-4-13-10)6-8-3-5-12-7-8/h3,5,7,9-10H,1-2,4,6,11H2. The fraction of sp³-hybridized carbons (Fsp3) is 0.600. The van der Waals surface area contributed by atoms with Crippen LogP contribution >= 0.6 is 23.1 Å². The molecule has 0 bridgehead atoms. The molecule has 3 heteroatoms. The Morgan fingerprint density at radius 3 is 3.15 bits per heavy atom. The van der Waals surface area contributed by atoms with Crippen molar-refractivity contribution in [2.24, 2.45) is 5.73 Å². The largest absolute Gasteiger partial charge is 0.326 e. The second-order valence-electron chi connectivity index (χ2n) is 3.55. The predicted octanol–water partition coefficient (Wildman–Crippen LogP) is 2.51. The molecule has 1 aliphatic heterocycles. The Morgan fingerprint density at radius 1 is 1.62 bits per heavy atom. The zero-order valence-electron chi connectivity index (χ0n) is 7.61. The quantitative estimate of drug-likeness (QED) is 0.835. The van der Waals surface area contributed by atoms with Gasteiger partial charge in [0.1, 0.15) is 0 Å². The topological polar surface area (TPSA) is 26.0 Å². The van der Waals surface area contributed by atoms with E-state index >= 15 is 0 Å². The van der Waals surface area contributed by atoms with Gasteiger partial charge in [-0.3, -0.25) is 0 Å². The summed E-state index contributed by atoms with van der Waals surface area (Å²) >= 11 is 3.81. The number of thiophene rings is 1. The number of hydrogen-bond acceptors (Lipinski definition) is 3. The van der Waals surface area contributed by atoms with Crippen molar-refractivity contribution in [2.75, 3.05) is 5.75 Å². The minimum atomic E-state index is 0.363. The lowest BCUT2D eigenvalue weighted by Crippen LogP contribution is -2.32. The van der Waals surface area contributed by atoms with Gasteiger partial charge in [0.2, 0.25) is 0 Å². The van der Waals surface area contributed by atoms with E-state index in [4.69, 9.17) is 5.73 Å². The fourth-order valence-corrected chi connectivity index (χ4v) is 3.75. The second kappa shape index (κ2) is 4.49. The molecule has 13 heavy (non-hydrogen) atoms. The highest BCUT2D eigenvalue weighted by molar-refractivity contribution is 8.00. The highest BCUT2D eigenvalue weighted by Gasteiger charge is 2.22. The van der Waals surface area contributed by atoms with Crippen LogP contribution in [0.25, 0.3) is 0 Å². The summed E-state index contributed by atoms with van der Waals surface area (Å²) in [5, 5.41) is 5.04. The summed E-state index contributed by atoms with van der Waals surface area (Å²) in [6, 6.07) is 2.55. The zero-order chi connectivity index (χ0) is 9.10. The monoisotopic (exact) mass is 213 g/mol. The summed E-state index contributed by atoms with van der Waals surface area (Å²) < 4.78 is 0. The second-order valence-corrected chi connectivity index (χ2v) is 5.68. The van der Waals surface area contributed by atoms with E-state index in [-0.39, 0.29) is 0 Å². The van der Waals surface area contributed by atoms with Crippen molar-refractivity contribution in [3.05, 3.63) is 22.4 Å². The van der Waals surface area contributed by atoms with Crippen LogP contribution in [0.4, 0.5) is 0 Å². The lowest BCUT2D eigenvalue weighted by Gasteiger charge is -2.17. The number of thioether (sulfide) groups is 1. The van der Waals surface area contributed by atoms with Crippen LogP contribution in [0.2, 0.25) is 0 Å². The zero-order valence-corrected chi connectivity index (χ0v) is 9.24. The van der Waals surface area contributed by atoms with Crippen LogP contribution in [0.3, 0.4) is 0 Å². The molecule has 1 saturated heterocycles. The summed E-state index contributed by atoms with van der Waals surface area (Å²) in [6.07, 6.45) is 3.73. The summed E-state index contributed by atoms with van der Waals surface area (Å²) in [5.74, 6) is 1.31. The van der Waals surface area contributed by atoms with Gasteiger partial charge in [-0.05, 0) is 47.4 Å². The Kier molecular flexibility index (Phi) is 3.30.